The van der Waals surface area contributed by atoms with Gasteiger partial charge in [0.15, 0.2) is 0 Å². The van der Waals surface area contributed by atoms with Crippen molar-refractivity contribution in [2.75, 3.05) is 39.3 Å². The van der Waals surface area contributed by atoms with Gasteiger partial charge in [0.05, 0.1) is 6.61 Å². The zero-order valence-electron chi connectivity index (χ0n) is 17.7. The number of piperidine rings is 1. The van der Waals surface area contributed by atoms with Gasteiger partial charge in [0.2, 0.25) is 0 Å². The molecule has 5 rings (SSSR count). The van der Waals surface area contributed by atoms with Crippen LogP contribution < -0.4 is 0 Å². The van der Waals surface area contributed by atoms with Crippen molar-refractivity contribution in [1.29, 1.82) is 0 Å². The van der Waals surface area contributed by atoms with Crippen LogP contribution in [0.1, 0.15) is 62.8 Å². The highest BCUT2D eigenvalue weighted by Gasteiger charge is 2.51. The van der Waals surface area contributed by atoms with Crippen LogP contribution in [0, 0.1) is 5.41 Å². The highest BCUT2D eigenvalue weighted by Crippen LogP contribution is 2.51. The molecule has 0 unspecified atom stereocenters. The molecule has 6 heteroatoms. The van der Waals surface area contributed by atoms with Crippen LogP contribution in [-0.4, -0.2) is 72.2 Å². The van der Waals surface area contributed by atoms with E-state index in [1.165, 1.54) is 58.2 Å². The molecule has 1 amide bonds. The Kier molecular flexibility index (Phi) is 5.61. The summed E-state index contributed by atoms with van der Waals surface area (Å²) >= 11 is 1.93. The third kappa shape index (κ3) is 3.84. The van der Waals surface area contributed by atoms with Gasteiger partial charge in [0.25, 0.3) is 0 Å². The monoisotopic (exact) mass is 417 g/mol. The number of carbonyl (C=O) groups is 1. The van der Waals surface area contributed by atoms with E-state index in [4.69, 9.17) is 4.74 Å². The topological polar surface area (TPSA) is 36.0 Å². The van der Waals surface area contributed by atoms with E-state index in [-0.39, 0.29) is 6.09 Å². The molecule has 1 spiro atoms. The van der Waals surface area contributed by atoms with E-state index in [2.05, 4.69) is 27.3 Å². The largest absolute Gasteiger partial charge is 0.450 e. The zero-order chi connectivity index (χ0) is 19.8. The molecule has 1 aliphatic carbocycles. The van der Waals surface area contributed by atoms with Crippen LogP contribution in [0.25, 0.3) is 0 Å². The summed E-state index contributed by atoms with van der Waals surface area (Å²) in [6.45, 7) is 7.94. The number of hydrogen-bond acceptors (Lipinski definition) is 5. The molecule has 1 aromatic heterocycles. The molecule has 4 fully saturated rings. The molecule has 160 valence electrons. The van der Waals surface area contributed by atoms with Crippen molar-refractivity contribution in [2.45, 2.75) is 70.0 Å². The molecule has 29 heavy (non-hydrogen) atoms. The van der Waals surface area contributed by atoms with Gasteiger partial charge in [0.1, 0.15) is 0 Å². The summed E-state index contributed by atoms with van der Waals surface area (Å²) in [5.74, 6) is 0. The van der Waals surface area contributed by atoms with Gasteiger partial charge in [-0.15, -0.1) is 11.3 Å². The normalized spacial score (nSPS) is 34.0. The number of likely N-dealkylation sites (tertiary alicyclic amines) is 3. The van der Waals surface area contributed by atoms with Crippen LogP contribution in [0.2, 0.25) is 0 Å². The molecule has 0 radical (unpaired) electrons. The highest BCUT2D eigenvalue weighted by atomic mass is 32.1. The molecule has 1 aromatic rings. The van der Waals surface area contributed by atoms with E-state index >= 15 is 0 Å². The van der Waals surface area contributed by atoms with Gasteiger partial charge in [-0.05, 0) is 88.4 Å². The third-order valence-corrected chi connectivity index (χ3v) is 8.93. The first-order valence-electron chi connectivity index (χ1n) is 11.6. The Morgan fingerprint density at radius 1 is 1.17 bits per heavy atom. The maximum Gasteiger partial charge on any atom is 0.409 e. The van der Waals surface area contributed by atoms with Crippen LogP contribution in [0.4, 0.5) is 4.79 Å². The summed E-state index contributed by atoms with van der Waals surface area (Å²) < 4.78 is 5.20. The first kappa shape index (κ1) is 19.8. The molecule has 1 atom stereocenters. The summed E-state index contributed by atoms with van der Waals surface area (Å²) in [5.41, 5.74) is 0.382. The average molecular weight is 418 g/mol. The molecule has 4 heterocycles. The van der Waals surface area contributed by atoms with Crippen LogP contribution in [0.3, 0.4) is 0 Å². The fourth-order valence-corrected chi connectivity index (χ4v) is 7.31. The molecule has 1 saturated carbocycles. The fourth-order valence-electron chi connectivity index (χ4n) is 6.43. The van der Waals surface area contributed by atoms with Crippen molar-refractivity contribution in [3.8, 4) is 0 Å². The van der Waals surface area contributed by atoms with Crippen molar-refractivity contribution < 1.29 is 9.53 Å². The van der Waals surface area contributed by atoms with Gasteiger partial charge in [-0.3, -0.25) is 4.90 Å². The van der Waals surface area contributed by atoms with E-state index in [1.807, 2.05) is 23.2 Å². The SMILES string of the molecule is CCOC(=O)N1CCC2(CC(N3CCC(N4CCC[C@@H]4c4cccs4)CC3)C2)C1. The van der Waals surface area contributed by atoms with Crippen LogP contribution in [-0.2, 0) is 4.74 Å². The third-order valence-electron chi connectivity index (χ3n) is 7.95. The number of rotatable bonds is 4. The maximum absolute atomic E-state index is 12.0. The lowest BCUT2D eigenvalue weighted by Gasteiger charge is -2.52. The fraction of sp³-hybridized carbons (Fsp3) is 0.783. The van der Waals surface area contributed by atoms with E-state index in [0.717, 1.165) is 31.6 Å². The lowest BCUT2D eigenvalue weighted by Crippen LogP contribution is -2.56. The maximum atomic E-state index is 12.0. The van der Waals surface area contributed by atoms with Gasteiger partial charge in [-0.1, -0.05) is 6.07 Å². The van der Waals surface area contributed by atoms with Gasteiger partial charge < -0.3 is 14.5 Å². The number of carbonyl (C=O) groups excluding carboxylic acids is 1. The second kappa shape index (κ2) is 8.20. The molecule has 0 N–H and O–H groups in total. The molecular weight excluding hydrogens is 382 g/mol. The van der Waals surface area contributed by atoms with Crippen LogP contribution in [0.5, 0.6) is 0 Å². The van der Waals surface area contributed by atoms with Crippen molar-refractivity contribution in [3.05, 3.63) is 22.4 Å². The smallest absolute Gasteiger partial charge is 0.409 e. The van der Waals surface area contributed by atoms with E-state index in [1.54, 1.807) is 4.88 Å². The number of ether oxygens (including phenoxy) is 1. The summed E-state index contributed by atoms with van der Waals surface area (Å²) in [7, 11) is 0. The first-order valence-corrected chi connectivity index (χ1v) is 12.5. The minimum absolute atomic E-state index is 0.112. The van der Waals surface area contributed by atoms with Gasteiger partial charge in [-0.2, -0.15) is 0 Å². The number of amides is 1. The Bertz CT molecular complexity index is 695. The van der Waals surface area contributed by atoms with Gasteiger partial charge >= 0.3 is 6.09 Å². The van der Waals surface area contributed by atoms with Crippen molar-refractivity contribution in [2.24, 2.45) is 5.41 Å². The Morgan fingerprint density at radius 3 is 2.72 bits per heavy atom. The lowest BCUT2D eigenvalue weighted by molar-refractivity contribution is -0.0172. The summed E-state index contributed by atoms with van der Waals surface area (Å²) in [4.78, 5) is 21.1. The lowest BCUT2D eigenvalue weighted by atomic mass is 9.64. The predicted molar refractivity (Wildman–Crippen MR) is 116 cm³/mol. The quantitative estimate of drug-likeness (QED) is 0.729. The summed E-state index contributed by atoms with van der Waals surface area (Å²) in [5, 5.41) is 2.23. The van der Waals surface area contributed by atoms with E-state index in [9.17, 15) is 4.79 Å². The number of nitrogens with zero attached hydrogens (tertiary/aromatic N) is 3. The Morgan fingerprint density at radius 2 is 2.00 bits per heavy atom. The minimum atomic E-state index is -0.112. The van der Waals surface area contributed by atoms with Crippen molar-refractivity contribution >= 4 is 17.4 Å². The molecular formula is C23H35N3O2S. The standard InChI is InChI=1S/C23H35N3O2S/c1-2-28-22(27)25-13-9-23(17-25)15-19(16-23)24-11-7-18(8-12-24)26-10-3-5-20(26)21-6-4-14-29-21/h4,6,14,18-20H,2-3,5,7-13,15-17H2,1H3/t19?,20-,23?/m1/s1. The first-order chi connectivity index (χ1) is 14.2. The molecule has 0 bridgehead atoms. The highest BCUT2D eigenvalue weighted by molar-refractivity contribution is 7.10. The second-order valence-electron chi connectivity index (χ2n) is 9.61. The molecule has 5 nitrogen and oxygen atoms in total. The zero-order valence-corrected chi connectivity index (χ0v) is 18.5. The van der Waals surface area contributed by atoms with Gasteiger partial charge in [0, 0.05) is 36.1 Å². The molecule has 0 aromatic carbocycles. The van der Waals surface area contributed by atoms with E-state index < -0.39 is 0 Å². The number of hydrogen-bond donors (Lipinski definition) is 0. The predicted octanol–water partition coefficient (Wildman–Crippen LogP) is 4.36. The Balaban J connectivity index is 1.10. The average Bonchev–Trinajstić information content (AvgIpc) is 3.47. The summed E-state index contributed by atoms with van der Waals surface area (Å²) in [6.07, 6.45) is 8.92. The second-order valence-corrected chi connectivity index (χ2v) is 10.6. The van der Waals surface area contributed by atoms with Crippen LogP contribution in [0.15, 0.2) is 17.5 Å². The summed E-state index contributed by atoms with van der Waals surface area (Å²) in [6, 6.07) is 6.71. The minimum Gasteiger partial charge on any atom is -0.450 e. The Hall–Kier alpha value is -1.11. The Labute approximate surface area is 179 Å². The molecule has 3 saturated heterocycles. The molecule has 3 aliphatic heterocycles. The number of thiophene rings is 1. The van der Waals surface area contributed by atoms with Crippen molar-refractivity contribution in [3.63, 3.8) is 0 Å². The molecule has 4 aliphatic rings. The van der Waals surface area contributed by atoms with Crippen LogP contribution >= 0.6 is 11.3 Å². The van der Waals surface area contributed by atoms with E-state index in [0.29, 0.717) is 18.1 Å². The van der Waals surface area contributed by atoms with Gasteiger partial charge in [-0.25, -0.2) is 4.79 Å². The van der Waals surface area contributed by atoms with Crippen molar-refractivity contribution in [1.82, 2.24) is 14.7 Å².